The van der Waals surface area contributed by atoms with E-state index in [9.17, 15) is 5.11 Å². The van der Waals surface area contributed by atoms with Crippen molar-refractivity contribution in [2.75, 3.05) is 0 Å². The van der Waals surface area contributed by atoms with E-state index in [0.717, 1.165) is 16.7 Å². The molecular formula is C16H17ClO. The van der Waals surface area contributed by atoms with Gasteiger partial charge in [0.25, 0.3) is 0 Å². The lowest BCUT2D eigenvalue weighted by molar-refractivity contribution is 0.101. The minimum atomic E-state index is -0.999. The number of aryl methyl sites for hydroxylation is 1. The lowest BCUT2D eigenvalue weighted by Crippen LogP contribution is -2.24. The Labute approximate surface area is 113 Å². The van der Waals surface area contributed by atoms with Gasteiger partial charge in [0.05, 0.1) is 0 Å². The van der Waals surface area contributed by atoms with E-state index in [0.29, 0.717) is 5.02 Å². The average molecular weight is 261 g/mol. The van der Waals surface area contributed by atoms with E-state index in [1.807, 2.05) is 38.1 Å². The molecule has 0 aliphatic heterocycles. The molecule has 2 heteroatoms. The third-order valence-corrected chi connectivity index (χ3v) is 3.79. The fourth-order valence-electron chi connectivity index (χ4n) is 2.21. The van der Waals surface area contributed by atoms with Crippen LogP contribution in [0, 0.1) is 13.8 Å². The zero-order chi connectivity index (χ0) is 13.3. The summed E-state index contributed by atoms with van der Waals surface area (Å²) in [5.41, 5.74) is 3.09. The van der Waals surface area contributed by atoms with Crippen LogP contribution in [0.2, 0.25) is 5.02 Å². The Morgan fingerprint density at radius 1 is 1.00 bits per heavy atom. The lowest BCUT2D eigenvalue weighted by Gasteiger charge is -2.27. The smallest absolute Gasteiger partial charge is 0.112 e. The van der Waals surface area contributed by atoms with Crippen LogP contribution in [0.4, 0.5) is 0 Å². The van der Waals surface area contributed by atoms with Crippen LogP contribution in [-0.4, -0.2) is 5.11 Å². The first kappa shape index (κ1) is 13.1. The molecule has 0 aromatic heterocycles. The molecule has 0 saturated heterocycles. The zero-order valence-corrected chi connectivity index (χ0v) is 11.6. The highest BCUT2D eigenvalue weighted by atomic mass is 35.5. The van der Waals surface area contributed by atoms with E-state index in [1.165, 1.54) is 5.56 Å². The molecule has 0 bridgehead atoms. The Morgan fingerprint density at radius 2 is 1.61 bits per heavy atom. The quantitative estimate of drug-likeness (QED) is 0.858. The van der Waals surface area contributed by atoms with Gasteiger partial charge in [-0.15, -0.1) is 0 Å². The van der Waals surface area contributed by atoms with Crippen molar-refractivity contribution in [1.82, 2.24) is 0 Å². The predicted octanol–water partition coefficient (Wildman–Crippen LogP) is 4.21. The number of benzene rings is 2. The standard InChI is InChI=1S/C16H17ClO/c1-11-5-4-6-15(12(11)2)16(3,18)13-7-9-14(17)10-8-13/h4-10,18H,1-3H3. The Kier molecular flexibility index (Phi) is 3.47. The molecule has 0 spiro atoms. The molecule has 0 heterocycles. The summed E-state index contributed by atoms with van der Waals surface area (Å²) in [6.45, 7) is 5.91. The maximum Gasteiger partial charge on any atom is 0.112 e. The van der Waals surface area contributed by atoms with Crippen molar-refractivity contribution < 1.29 is 5.11 Å². The van der Waals surface area contributed by atoms with Crippen molar-refractivity contribution in [3.05, 3.63) is 69.7 Å². The molecule has 0 aliphatic carbocycles. The Balaban J connectivity index is 2.54. The van der Waals surface area contributed by atoms with Crippen LogP contribution >= 0.6 is 11.6 Å². The second kappa shape index (κ2) is 4.75. The molecule has 1 unspecified atom stereocenters. The number of hydrogen-bond donors (Lipinski definition) is 1. The van der Waals surface area contributed by atoms with Crippen LogP contribution in [0.5, 0.6) is 0 Å². The van der Waals surface area contributed by atoms with Gasteiger partial charge in [0.2, 0.25) is 0 Å². The molecule has 2 aromatic carbocycles. The number of halogens is 1. The lowest BCUT2D eigenvalue weighted by atomic mass is 9.84. The van der Waals surface area contributed by atoms with Crippen molar-refractivity contribution in [1.29, 1.82) is 0 Å². The van der Waals surface area contributed by atoms with Gasteiger partial charge in [-0.2, -0.15) is 0 Å². The van der Waals surface area contributed by atoms with Crippen LogP contribution in [-0.2, 0) is 5.60 Å². The summed E-state index contributed by atoms with van der Waals surface area (Å²) in [5.74, 6) is 0. The fraction of sp³-hybridized carbons (Fsp3) is 0.250. The van der Waals surface area contributed by atoms with Crippen LogP contribution < -0.4 is 0 Å². The van der Waals surface area contributed by atoms with Crippen molar-refractivity contribution in [3.63, 3.8) is 0 Å². The van der Waals surface area contributed by atoms with Gasteiger partial charge in [-0.05, 0) is 55.2 Å². The van der Waals surface area contributed by atoms with Crippen molar-refractivity contribution >= 4 is 11.6 Å². The molecule has 1 nitrogen and oxygen atoms in total. The molecule has 0 radical (unpaired) electrons. The second-order valence-corrected chi connectivity index (χ2v) is 5.26. The van der Waals surface area contributed by atoms with Gasteiger partial charge in [0, 0.05) is 5.02 Å². The molecular weight excluding hydrogens is 244 g/mol. The monoisotopic (exact) mass is 260 g/mol. The largest absolute Gasteiger partial charge is 0.381 e. The van der Waals surface area contributed by atoms with Gasteiger partial charge in [-0.3, -0.25) is 0 Å². The minimum absolute atomic E-state index is 0.676. The van der Waals surface area contributed by atoms with Gasteiger partial charge in [0.15, 0.2) is 0 Å². The second-order valence-electron chi connectivity index (χ2n) is 4.83. The zero-order valence-electron chi connectivity index (χ0n) is 10.9. The summed E-state index contributed by atoms with van der Waals surface area (Å²) in [5, 5.41) is 11.5. The fourth-order valence-corrected chi connectivity index (χ4v) is 2.33. The molecule has 1 atom stereocenters. The summed E-state index contributed by atoms with van der Waals surface area (Å²) >= 11 is 5.88. The Morgan fingerprint density at radius 3 is 2.22 bits per heavy atom. The van der Waals surface area contributed by atoms with Gasteiger partial charge in [-0.1, -0.05) is 41.9 Å². The van der Waals surface area contributed by atoms with E-state index < -0.39 is 5.60 Å². The van der Waals surface area contributed by atoms with Crippen LogP contribution in [0.15, 0.2) is 42.5 Å². The topological polar surface area (TPSA) is 20.2 Å². The first-order valence-corrected chi connectivity index (χ1v) is 6.36. The van der Waals surface area contributed by atoms with Crippen molar-refractivity contribution in [3.8, 4) is 0 Å². The van der Waals surface area contributed by atoms with Crippen LogP contribution in [0.3, 0.4) is 0 Å². The highest BCUT2D eigenvalue weighted by Crippen LogP contribution is 2.32. The number of hydrogen-bond acceptors (Lipinski definition) is 1. The van der Waals surface area contributed by atoms with E-state index in [1.54, 1.807) is 12.1 Å². The van der Waals surface area contributed by atoms with E-state index in [-0.39, 0.29) is 0 Å². The third kappa shape index (κ3) is 2.29. The van der Waals surface area contributed by atoms with Gasteiger partial charge in [-0.25, -0.2) is 0 Å². The van der Waals surface area contributed by atoms with Crippen LogP contribution in [0.1, 0.15) is 29.2 Å². The Bertz CT molecular complexity index is 556. The highest BCUT2D eigenvalue weighted by molar-refractivity contribution is 6.30. The molecule has 2 rings (SSSR count). The van der Waals surface area contributed by atoms with Gasteiger partial charge >= 0.3 is 0 Å². The molecule has 0 fully saturated rings. The molecule has 2 aromatic rings. The Hall–Kier alpha value is -1.31. The summed E-state index contributed by atoms with van der Waals surface area (Å²) in [7, 11) is 0. The first-order chi connectivity index (χ1) is 8.43. The predicted molar refractivity (Wildman–Crippen MR) is 76.0 cm³/mol. The summed E-state index contributed by atoms with van der Waals surface area (Å²) in [6.07, 6.45) is 0. The highest BCUT2D eigenvalue weighted by Gasteiger charge is 2.27. The molecule has 1 N–H and O–H groups in total. The van der Waals surface area contributed by atoms with Crippen LogP contribution in [0.25, 0.3) is 0 Å². The minimum Gasteiger partial charge on any atom is -0.381 e. The van der Waals surface area contributed by atoms with E-state index in [4.69, 9.17) is 11.6 Å². The van der Waals surface area contributed by atoms with E-state index >= 15 is 0 Å². The number of aliphatic hydroxyl groups is 1. The van der Waals surface area contributed by atoms with Crippen molar-refractivity contribution in [2.45, 2.75) is 26.4 Å². The summed E-state index contributed by atoms with van der Waals surface area (Å²) in [4.78, 5) is 0. The molecule has 0 amide bonds. The molecule has 0 aliphatic rings. The molecule has 0 saturated carbocycles. The molecule has 94 valence electrons. The maximum atomic E-state index is 10.8. The summed E-state index contributed by atoms with van der Waals surface area (Å²) in [6, 6.07) is 13.3. The third-order valence-electron chi connectivity index (χ3n) is 3.54. The van der Waals surface area contributed by atoms with Crippen molar-refractivity contribution in [2.24, 2.45) is 0 Å². The molecule has 18 heavy (non-hydrogen) atoms. The average Bonchev–Trinajstić information content (AvgIpc) is 2.33. The van der Waals surface area contributed by atoms with Gasteiger partial charge < -0.3 is 5.11 Å². The maximum absolute atomic E-state index is 10.8. The first-order valence-electron chi connectivity index (χ1n) is 5.98. The SMILES string of the molecule is Cc1cccc(C(C)(O)c2ccc(Cl)cc2)c1C. The van der Waals surface area contributed by atoms with Gasteiger partial charge in [0.1, 0.15) is 5.60 Å². The normalized spacial score (nSPS) is 14.3. The number of rotatable bonds is 2. The van der Waals surface area contributed by atoms with E-state index in [2.05, 4.69) is 13.0 Å². The summed E-state index contributed by atoms with van der Waals surface area (Å²) < 4.78 is 0.